The van der Waals surface area contributed by atoms with Gasteiger partial charge in [0, 0.05) is 22.2 Å². The quantitative estimate of drug-likeness (QED) is 0.851. The molecule has 0 fully saturated rings. The lowest BCUT2D eigenvalue weighted by atomic mass is 9.89. The van der Waals surface area contributed by atoms with E-state index in [2.05, 4.69) is 0 Å². The molecule has 1 unspecified atom stereocenters. The first kappa shape index (κ1) is 14.8. The van der Waals surface area contributed by atoms with E-state index in [0.717, 1.165) is 18.4 Å². The zero-order valence-corrected chi connectivity index (χ0v) is 11.7. The molecule has 0 amide bonds. The summed E-state index contributed by atoms with van der Waals surface area (Å²) in [6.07, 6.45) is 1.62. The molecule has 0 aliphatic rings. The average Bonchev–Trinajstić information content (AvgIpc) is 2.28. The van der Waals surface area contributed by atoms with Gasteiger partial charge in [0.25, 0.3) is 0 Å². The average molecular weight is 277 g/mol. The molecule has 1 atom stereocenters. The maximum Gasteiger partial charge on any atom is 0.117 e. The molecule has 1 N–H and O–H groups in total. The van der Waals surface area contributed by atoms with Gasteiger partial charge in [0.2, 0.25) is 0 Å². The molecule has 1 aromatic carbocycles. The van der Waals surface area contributed by atoms with Gasteiger partial charge in [-0.05, 0) is 25.5 Å². The first-order valence-electron chi connectivity index (χ1n) is 5.80. The Morgan fingerprint density at radius 1 is 1.29 bits per heavy atom. The fraction of sp³-hybridized carbons (Fsp3) is 0.538. The summed E-state index contributed by atoms with van der Waals surface area (Å²) in [4.78, 5) is 0. The number of hydrogen-bond donors (Lipinski definition) is 1. The van der Waals surface area contributed by atoms with E-state index in [1.807, 2.05) is 19.9 Å². The molecule has 0 bridgehead atoms. The van der Waals surface area contributed by atoms with Crippen LogP contribution in [0.2, 0.25) is 10.0 Å². The lowest BCUT2D eigenvalue weighted by molar-refractivity contribution is -0.0863. The third kappa shape index (κ3) is 3.35. The standard InChI is InChI=1S/C13H18Cl2O2/c1-3-7-13(9-16,17-4-2)11-6-5-10(14)8-12(11)15/h5-6,8,16H,3-4,7,9H2,1-2H3. The molecule has 2 nitrogen and oxygen atoms in total. The fourth-order valence-corrected chi connectivity index (χ4v) is 2.61. The summed E-state index contributed by atoms with van der Waals surface area (Å²) in [5, 5.41) is 10.8. The number of rotatable bonds is 6. The first-order chi connectivity index (χ1) is 8.09. The van der Waals surface area contributed by atoms with Gasteiger partial charge in [-0.2, -0.15) is 0 Å². The Hall–Kier alpha value is -0.280. The van der Waals surface area contributed by atoms with Gasteiger partial charge >= 0.3 is 0 Å². The van der Waals surface area contributed by atoms with Crippen molar-refractivity contribution in [1.82, 2.24) is 0 Å². The van der Waals surface area contributed by atoms with Crippen LogP contribution in [0, 0.1) is 0 Å². The molecule has 0 saturated heterocycles. The zero-order chi connectivity index (χ0) is 12.9. The molecule has 96 valence electrons. The molecule has 0 aliphatic carbocycles. The van der Waals surface area contributed by atoms with Crippen LogP contribution >= 0.6 is 23.2 Å². The van der Waals surface area contributed by atoms with Crippen LogP contribution in [0.5, 0.6) is 0 Å². The summed E-state index contributed by atoms with van der Waals surface area (Å²) < 4.78 is 5.75. The molecule has 1 aromatic rings. The van der Waals surface area contributed by atoms with Crippen molar-refractivity contribution < 1.29 is 9.84 Å². The van der Waals surface area contributed by atoms with E-state index in [-0.39, 0.29) is 6.61 Å². The molecule has 1 rings (SSSR count). The van der Waals surface area contributed by atoms with Crippen molar-refractivity contribution in [2.45, 2.75) is 32.3 Å². The number of aliphatic hydroxyl groups excluding tert-OH is 1. The van der Waals surface area contributed by atoms with Gasteiger partial charge in [-0.15, -0.1) is 0 Å². The van der Waals surface area contributed by atoms with Gasteiger partial charge in [-0.1, -0.05) is 42.6 Å². The Labute approximate surface area is 113 Å². The summed E-state index contributed by atoms with van der Waals surface area (Å²) in [7, 11) is 0. The van der Waals surface area contributed by atoms with Crippen LogP contribution in [-0.4, -0.2) is 18.3 Å². The van der Waals surface area contributed by atoms with Crippen LogP contribution in [0.15, 0.2) is 18.2 Å². The molecule has 0 saturated carbocycles. The van der Waals surface area contributed by atoms with E-state index >= 15 is 0 Å². The van der Waals surface area contributed by atoms with Gasteiger partial charge in [-0.3, -0.25) is 0 Å². The number of ether oxygens (including phenoxy) is 1. The van der Waals surface area contributed by atoms with E-state index in [0.29, 0.717) is 16.7 Å². The van der Waals surface area contributed by atoms with Crippen molar-refractivity contribution in [3.8, 4) is 0 Å². The van der Waals surface area contributed by atoms with Crippen LogP contribution in [0.25, 0.3) is 0 Å². The molecule has 0 aromatic heterocycles. The molecule has 0 spiro atoms. The molecule has 17 heavy (non-hydrogen) atoms. The van der Waals surface area contributed by atoms with Crippen molar-refractivity contribution >= 4 is 23.2 Å². The summed E-state index contributed by atoms with van der Waals surface area (Å²) in [5.41, 5.74) is 0.0836. The summed E-state index contributed by atoms with van der Waals surface area (Å²) in [5.74, 6) is 0. The maximum atomic E-state index is 9.67. The van der Waals surface area contributed by atoms with Crippen LogP contribution in [0.1, 0.15) is 32.3 Å². The SMILES string of the molecule is CCCC(CO)(OCC)c1ccc(Cl)cc1Cl. The summed E-state index contributed by atoms with van der Waals surface area (Å²) in [6, 6.07) is 5.27. The molecular weight excluding hydrogens is 259 g/mol. The highest BCUT2D eigenvalue weighted by atomic mass is 35.5. The first-order valence-corrected chi connectivity index (χ1v) is 6.55. The number of aliphatic hydroxyl groups is 1. The summed E-state index contributed by atoms with van der Waals surface area (Å²) >= 11 is 12.1. The molecule has 0 radical (unpaired) electrons. The van der Waals surface area contributed by atoms with Crippen molar-refractivity contribution in [1.29, 1.82) is 0 Å². The van der Waals surface area contributed by atoms with E-state index < -0.39 is 5.60 Å². The fourth-order valence-electron chi connectivity index (χ4n) is 2.03. The largest absolute Gasteiger partial charge is 0.393 e. The third-order valence-electron chi connectivity index (χ3n) is 2.75. The maximum absolute atomic E-state index is 9.67. The molecule has 0 heterocycles. The van der Waals surface area contributed by atoms with Crippen LogP contribution in [0.3, 0.4) is 0 Å². The second kappa shape index (κ2) is 6.60. The highest BCUT2D eigenvalue weighted by Gasteiger charge is 2.33. The van der Waals surface area contributed by atoms with Crippen molar-refractivity contribution in [2.75, 3.05) is 13.2 Å². The number of hydrogen-bond acceptors (Lipinski definition) is 2. The topological polar surface area (TPSA) is 29.5 Å². The second-order valence-corrected chi connectivity index (χ2v) is 4.80. The Morgan fingerprint density at radius 2 is 2.00 bits per heavy atom. The van der Waals surface area contributed by atoms with Gasteiger partial charge < -0.3 is 9.84 Å². The monoisotopic (exact) mass is 276 g/mol. The Balaban J connectivity index is 3.19. The predicted molar refractivity (Wildman–Crippen MR) is 71.8 cm³/mol. The Kier molecular flexibility index (Phi) is 5.74. The molecule has 4 heteroatoms. The van der Waals surface area contributed by atoms with Crippen LogP contribution < -0.4 is 0 Å². The lowest BCUT2D eigenvalue weighted by Gasteiger charge is -2.33. The van der Waals surface area contributed by atoms with Crippen LogP contribution in [-0.2, 0) is 10.3 Å². The number of benzene rings is 1. The minimum atomic E-state index is -0.717. The highest BCUT2D eigenvalue weighted by Crippen LogP contribution is 2.36. The van der Waals surface area contributed by atoms with Gasteiger partial charge in [0.1, 0.15) is 5.60 Å². The lowest BCUT2D eigenvalue weighted by Crippen LogP contribution is -2.34. The molecule has 0 aliphatic heterocycles. The molecular formula is C13H18Cl2O2. The van der Waals surface area contributed by atoms with E-state index in [1.165, 1.54) is 0 Å². The van der Waals surface area contributed by atoms with Gasteiger partial charge in [0.15, 0.2) is 0 Å². The third-order valence-corrected chi connectivity index (χ3v) is 3.30. The van der Waals surface area contributed by atoms with E-state index in [1.54, 1.807) is 12.1 Å². The highest BCUT2D eigenvalue weighted by molar-refractivity contribution is 6.35. The smallest absolute Gasteiger partial charge is 0.117 e. The van der Waals surface area contributed by atoms with Crippen molar-refractivity contribution in [3.63, 3.8) is 0 Å². The van der Waals surface area contributed by atoms with E-state index in [9.17, 15) is 5.11 Å². The van der Waals surface area contributed by atoms with Gasteiger partial charge in [-0.25, -0.2) is 0 Å². The van der Waals surface area contributed by atoms with Crippen LogP contribution in [0.4, 0.5) is 0 Å². The Bertz CT molecular complexity index is 360. The Morgan fingerprint density at radius 3 is 2.47 bits per heavy atom. The minimum absolute atomic E-state index is 0.0873. The second-order valence-electron chi connectivity index (χ2n) is 3.96. The predicted octanol–water partition coefficient (Wildman–Crippen LogP) is 4.02. The zero-order valence-electron chi connectivity index (χ0n) is 10.2. The van der Waals surface area contributed by atoms with E-state index in [4.69, 9.17) is 27.9 Å². The number of halogens is 2. The normalized spacial score (nSPS) is 14.6. The van der Waals surface area contributed by atoms with Crippen molar-refractivity contribution in [3.05, 3.63) is 33.8 Å². The van der Waals surface area contributed by atoms with Crippen molar-refractivity contribution in [2.24, 2.45) is 0 Å². The van der Waals surface area contributed by atoms with Gasteiger partial charge in [0.05, 0.1) is 6.61 Å². The minimum Gasteiger partial charge on any atom is -0.393 e. The summed E-state index contributed by atoms with van der Waals surface area (Å²) in [6.45, 7) is 4.40.